The van der Waals surface area contributed by atoms with Crippen LogP contribution in [0, 0.1) is 11.3 Å². The second-order valence-electron chi connectivity index (χ2n) is 6.58. The van der Waals surface area contributed by atoms with Gasteiger partial charge in [-0.2, -0.15) is 22.7 Å². The molecule has 1 aliphatic rings. The monoisotopic (exact) mass is 446 g/mol. The highest BCUT2D eigenvalue weighted by molar-refractivity contribution is 7.89. The maximum atomic E-state index is 12.9. The molecular formula is C18H21F3N4O4S. The number of likely N-dealkylation sites (N-methyl/N-ethyl adjacent to an activating group) is 1. The topological polar surface area (TPSA) is 103 Å². The normalized spacial score (nSPS) is 15.4. The van der Waals surface area contributed by atoms with Crippen molar-refractivity contribution in [3.8, 4) is 6.07 Å². The molecule has 1 saturated heterocycles. The number of hydrogen-bond donors (Lipinski definition) is 0. The molecule has 0 aliphatic carbocycles. The SMILES string of the molecule is CN(CCC#N)C(=O)CON=C1CCN(S(=O)(=O)c2cccc(C(F)(F)F)c2)CC1. The minimum atomic E-state index is -4.63. The van der Waals surface area contributed by atoms with Crippen LogP contribution < -0.4 is 0 Å². The number of benzene rings is 1. The molecule has 0 N–H and O–H groups in total. The Balaban J connectivity index is 1.93. The van der Waals surface area contributed by atoms with E-state index in [2.05, 4.69) is 5.16 Å². The van der Waals surface area contributed by atoms with Crippen LogP contribution in [0.2, 0.25) is 0 Å². The summed E-state index contributed by atoms with van der Waals surface area (Å²) in [6.07, 6.45) is -3.97. The predicted molar refractivity (Wildman–Crippen MR) is 101 cm³/mol. The second-order valence-corrected chi connectivity index (χ2v) is 8.52. The number of carbonyl (C=O) groups is 1. The molecule has 1 aliphatic heterocycles. The molecule has 1 aromatic rings. The molecule has 12 heteroatoms. The van der Waals surface area contributed by atoms with Gasteiger partial charge < -0.3 is 9.74 Å². The van der Waals surface area contributed by atoms with E-state index in [1.807, 2.05) is 6.07 Å². The highest BCUT2D eigenvalue weighted by atomic mass is 32.2. The van der Waals surface area contributed by atoms with E-state index in [4.69, 9.17) is 10.1 Å². The highest BCUT2D eigenvalue weighted by Gasteiger charge is 2.33. The van der Waals surface area contributed by atoms with Gasteiger partial charge in [0.05, 0.1) is 28.7 Å². The van der Waals surface area contributed by atoms with E-state index in [0.717, 1.165) is 22.5 Å². The molecule has 0 bridgehead atoms. The fraction of sp³-hybridized carbons (Fsp3) is 0.500. The molecule has 164 valence electrons. The van der Waals surface area contributed by atoms with E-state index in [1.54, 1.807) is 0 Å². The summed E-state index contributed by atoms with van der Waals surface area (Å²) in [4.78, 5) is 17.7. The predicted octanol–water partition coefficient (Wildman–Crippen LogP) is 2.23. The van der Waals surface area contributed by atoms with Crippen molar-refractivity contribution in [3.05, 3.63) is 29.8 Å². The Bertz CT molecular complexity index is 931. The molecule has 0 radical (unpaired) electrons. The minimum Gasteiger partial charge on any atom is -0.386 e. The molecule has 0 atom stereocenters. The largest absolute Gasteiger partial charge is 0.416 e. The van der Waals surface area contributed by atoms with E-state index in [-0.39, 0.29) is 51.4 Å². The van der Waals surface area contributed by atoms with Crippen LogP contribution in [0.3, 0.4) is 0 Å². The first-order valence-corrected chi connectivity index (χ1v) is 10.5. The average Bonchev–Trinajstić information content (AvgIpc) is 2.71. The van der Waals surface area contributed by atoms with E-state index in [9.17, 15) is 26.4 Å². The number of rotatable bonds is 7. The number of alkyl halides is 3. The molecule has 0 unspecified atom stereocenters. The first-order valence-electron chi connectivity index (χ1n) is 9.01. The Hall–Kier alpha value is -2.65. The zero-order valence-corrected chi connectivity index (χ0v) is 17.0. The minimum absolute atomic E-state index is 0.0385. The smallest absolute Gasteiger partial charge is 0.386 e. The molecule has 0 saturated carbocycles. The lowest BCUT2D eigenvalue weighted by Gasteiger charge is -2.27. The third-order valence-corrected chi connectivity index (χ3v) is 6.36. The third-order valence-electron chi connectivity index (χ3n) is 4.47. The first kappa shape index (κ1) is 23.6. The van der Waals surface area contributed by atoms with Crippen LogP contribution in [0.15, 0.2) is 34.3 Å². The van der Waals surface area contributed by atoms with Gasteiger partial charge in [-0.15, -0.1) is 0 Å². The summed E-state index contributed by atoms with van der Waals surface area (Å²) >= 11 is 0. The van der Waals surface area contributed by atoms with Crippen LogP contribution in [0.1, 0.15) is 24.8 Å². The molecular weight excluding hydrogens is 425 g/mol. The van der Waals surface area contributed by atoms with Gasteiger partial charge >= 0.3 is 6.18 Å². The summed E-state index contributed by atoms with van der Waals surface area (Å²) in [5.41, 5.74) is -0.474. The van der Waals surface area contributed by atoms with Crippen molar-refractivity contribution < 1.29 is 31.2 Å². The molecule has 2 rings (SSSR count). The van der Waals surface area contributed by atoms with E-state index in [1.165, 1.54) is 11.9 Å². The maximum Gasteiger partial charge on any atom is 0.416 e. The van der Waals surface area contributed by atoms with E-state index in [0.29, 0.717) is 11.8 Å². The van der Waals surface area contributed by atoms with Crippen molar-refractivity contribution in [1.82, 2.24) is 9.21 Å². The molecule has 0 aromatic heterocycles. The number of carbonyl (C=O) groups excluding carboxylic acids is 1. The van der Waals surface area contributed by atoms with Crippen molar-refractivity contribution >= 4 is 21.6 Å². The number of nitriles is 1. The number of nitrogens with zero attached hydrogens (tertiary/aromatic N) is 4. The van der Waals surface area contributed by atoms with Gasteiger partial charge in [0.2, 0.25) is 10.0 Å². The van der Waals surface area contributed by atoms with Crippen LogP contribution in [-0.4, -0.2) is 62.5 Å². The van der Waals surface area contributed by atoms with Gasteiger partial charge in [0.1, 0.15) is 0 Å². The fourth-order valence-corrected chi connectivity index (χ4v) is 4.18. The molecule has 30 heavy (non-hydrogen) atoms. The summed E-state index contributed by atoms with van der Waals surface area (Å²) in [5.74, 6) is -0.348. The molecule has 0 spiro atoms. The fourth-order valence-electron chi connectivity index (χ4n) is 2.69. The molecule has 1 heterocycles. The lowest BCUT2D eigenvalue weighted by atomic mass is 10.1. The van der Waals surface area contributed by atoms with Crippen LogP contribution in [0.4, 0.5) is 13.2 Å². The second kappa shape index (κ2) is 9.90. The zero-order valence-electron chi connectivity index (χ0n) is 16.2. The van der Waals surface area contributed by atoms with E-state index >= 15 is 0 Å². The van der Waals surface area contributed by atoms with Crippen molar-refractivity contribution in [2.24, 2.45) is 5.16 Å². The molecule has 8 nitrogen and oxygen atoms in total. The van der Waals surface area contributed by atoms with Crippen molar-refractivity contribution in [1.29, 1.82) is 5.26 Å². The number of piperidine rings is 1. The average molecular weight is 446 g/mol. The highest BCUT2D eigenvalue weighted by Crippen LogP contribution is 2.31. The van der Waals surface area contributed by atoms with Gasteiger partial charge in [0, 0.05) is 39.5 Å². The van der Waals surface area contributed by atoms with Gasteiger partial charge in [0.15, 0.2) is 6.61 Å². The quantitative estimate of drug-likeness (QED) is 0.598. The van der Waals surface area contributed by atoms with Crippen LogP contribution in [0.25, 0.3) is 0 Å². The Morgan fingerprint density at radius 1 is 1.33 bits per heavy atom. The number of oxime groups is 1. The third kappa shape index (κ3) is 6.17. The lowest BCUT2D eigenvalue weighted by Crippen LogP contribution is -2.38. The summed E-state index contributed by atoms with van der Waals surface area (Å²) in [6.45, 7) is 0.0445. The summed E-state index contributed by atoms with van der Waals surface area (Å²) in [6, 6.07) is 5.56. The Morgan fingerprint density at radius 2 is 2.00 bits per heavy atom. The summed E-state index contributed by atoms with van der Waals surface area (Å²) < 4.78 is 65.0. The van der Waals surface area contributed by atoms with Crippen molar-refractivity contribution in [2.75, 3.05) is 33.3 Å². The Labute approximate surface area is 172 Å². The number of amides is 1. The van der Waals surface area contributed by atoms with Crippen molar-refractivity contribution in [2.45, 2.75) is 30.3 Å². The molecule has 1 amide bonds. The van der Waals surface area contributed by atoms with Gasteiger partial charge in [-0.05, 0) is 18.2 Å². The van der Waals surface area contributed by atoms with Crippen LogP contribution in [0.5, 0.6) is 0 Å². The lowest BCUT2D eigenvalue weighted by molar-refractivity contribution is -0.137. The van der Waals surface area contributed by atoms with E-state index < -0.39 is 26.7 Å². The summed E-state index contributed by atoms with van der Waals surface area (Å²) in [7, 11) is -2.54. The standard InChI is InChI=1S/C18H21F3N4O4S/c1-24(9-3-8-22)17(26)13-29-23-15-6-10-25(11-7-15)30(27,28)16-5-2-4-14(12-16)18(19,20)21/h2,4-5,12H,3,6-7,9-11,13H2,1H3. The zero-order chi connectivity index (χ0) is 22.4. The number of sulfonamides is 1. The van der Waals surface area contributed by atoms with Gasteiger partial charge in [-0.25, -0.2) is 8.42 Å². The Kier molecular flexibility index (Phi) is 7.80. The van der Waals surface area contributed by atoms with Crippen LogP contribution in [-0.2, 0) is 25.8 Å². The number of hydrogen-bond acceptors (Lipinski definition) is 6. The van der Waals surface area contributed by atoms with Crippen molar-refractivity contribution in [3.63, 3.8) is 0 Å². The summed E-state index contributed by atoms with van der Waals surface area (Å²) in [5, 5.41) is 12.4. The van der Waals surface area contributed by atoms with Gasteiger partial charge in [-0.3, -0.25) is 4.79 Å². The maximum absolute atomic E-state index is 12.9. The van der Waals surface area contributed by atoms with Gasteiger partial charge in [-0.1, -0.05) is 11.2 Å². The first-order chi connectivity index (χ1) is 14.1. The van der Waals surface area contributed by atoms with Gasteiger partial charge in [0.25, 0.3) is 5.91 Å². The number of halogens is 3. The molecule has 1 aromatic carbocycles. The molecule has 1 fully saturated rings. The Morgan fingerprint density at radius 3 is 2.60 bits per heavy atom. The van der Waals surface area contributed by atoms with Crippen LogP contribution >= 0.6 is 0 Å².